The fourth-order valence-corrected chi connectivity index (χ4v) is 1.71. The highest BCUT2D eigenvalue weighted by Gasteiger charge is 2.06. The Morgan fingerprint density at radius 3 is 2.44 bits per heavy atom. The number of aliphatic hydroxyl groups excluding tert-OH is 1. The van der Waals surface area contributed by atoms with Crippen molar-refractivity contribution in [2.24, 2.45) is 0 Å². The first-order valence-electron chi connectivity index (χ1n) is 6.30. The van der Waals surface area contributed by atoms with Crippen LogP contribution in [0.25, 0.3) is 0 Å². The largest absolute Gasteiger partial charge is 0.491 e. The average molecular weight is 253 g/mol. The Morgan fingerprint density at radius 2 is 1.89 bits per heavy atom. The third kappa shape index (κ3) is 5.04. The van der Waals surface area contributed by atoms with Gasteiger partial charge in [0.2, 0.25) is 0 Å². The molecule has 0 aliphatic carbocycles. The van der Waals surface area contributed by atoms with Gasteiger partial charge in [0.25, 0.3) is 0 Å². The van der Waals surface area contributed by atoms with E-state index in [1.165, 1.54) is 5.56 Å². The summed E-state index contributed by atoms with van der Waals surface area (Å²) >= 11 is 0. The molecule has 1 aromatic rings. The van der Waals surface area contributed by atoms with Crippen LogP contribution in [0.2, 0.25) is 0 Å². The summed E-state index contributed by atoms with van der Waals surface area (Å²) in [7, 11) is 1.56. The minimum atomic E-state index is -0.588. The first-order valence-corrected chi connectivity index (χ1v) is 6.30. The van der Waals surface area contributed by atoms with E-state index in [0.717, 1.165) is 12.3 Å². The van der Waals surface area contributed by atoms with Crippen molar-refractivity contribution in [3.63, 3.8) is 0 Å². The van der Waals surface area contributed by atoms with Gasteiger partial charge in [-0.15, -0.1) is 0 Å². The van der Waals surface area contributed by atoms with Crippen LogP contribution < -0.4 is 10.1 Å². The van der Waals surface area contributed by atoms with Gasteiger partial charge in [-0.25, -0.2) is 0 Å². The summed E-state index contributed by atoms with van der Waals surface area (Å²) in [4.78, 5) is 0. The van der Waals surface area contributed by atoms with Crippen molar-refractivity contribution in [1.29, 1.82) is 0 Å². The highest BCUT2D eigenvalue weighted by molar-refractivity contribution is 5.28. The van der Waals surface area contributed by atoms with Gasteiger partial charge in [0.05, 0.1) is 6.61 Å². The summed E-state index contributed by atoms with van der Waals surface area (Å²) in [5.74, 6) is 0.762. The van der Waals surface area contributed by atoms with Crippen molar-refractivity contribution in [3.8, 4) is 5.75 Å². The molecule has 0 fully saturated rings. The first-order chi connectivity index (χ1) is 8.67. The Kier molecular flexibility index (Phi) is 6.72. The Balaban J connectivity index is 2.45. The lowest BCUT2D eigenvalue weighted by molar-refractivity contribution is 0.0325. The molecule has 0 saturated heterocycles. The molecule has 0 amide bonds. The molecule has 2 unspecified atom stereocenters. The van der Waals surface area contributed by atoms with Crippen LogP contribution in [0.4, 0.5) is 0 Å². The second-order valence-electron chi connectivity index (χ2n) is 4.27. The maximum absolute atomic E-state index is 9.46. The molecule has 0 saturated carbocycles. The number of nitrogens with one attached hydrogen (secondary N) is 1. The number of aliphatic hydroxyl groups is 1. The Morgan fingerprint density at radius 1 is 1.22 bits per heavy atom. The number of hydrogen-bond donors (Lipinski definition) is 2. The fraction of sp³-hybridized carbons (Fsp3) is 0.571. The highest BCUT2D eigenvalue weighted by atomic mass is 16.5. The van der Waals surface area contributed by atoms with E-state index in [4.69, 9.17) is 9.47 Å². The number of benzene rings is 1. The van der Waals surface area contributed by atoms with Crippen molar-refractivity contribution in [2.75, 3.05) is 26.9 Å². The van der Waals surface area contributed by atoms with Gasteiger partial charge in [-0.05, 0) is 31.2 Å². The van der Waals surface area contributed by atoms with Crippen LogP contribution >= 0.6 is 0 Å². The minimum Gasteiger partial charge on any atom is -0.491 e. The summed E-state index contributed by atoms with van der Waals surface area (Å²) in [5.41, 5.74) is 1.22. The molecule has 0 spiro atoms. The second kappa shape index (κ2) is 8.08. The van der Waals surface area contributed by atoms with Crippen LogP contribution in [0, 0.1) is 0 Å². The molecule has 4 nitrogen and oxygen atoms in total. The monoisotopic (exact) mass is 253 g/mol. The number of ether oxygens (including phenoxy) is 2. The average Bonchev–Trinajstić information content (AvgIpc) is 2.37. The van der Waals surface area contributed by atoms with Crippen molar-refractivity contribution in [2.45, 2.75) is 26.0 Å². The quantitative estimate of drug-likeness (QED) is 0.741. The van der Waals surface area contributed by atoms with E-state index in [1.807, 2.05) is 24.3 Å². The molecule has 1 aromatic carbocycles. The zero-order valence-corrected chi connectivity index (χ0v) is 11.3. The highest BCUT2D eigenvalue weighted by Crippen LogP contribution is 2.17. The molecular formula is C14H23NO3. The number of hydrogen-bond acceptors (Lipinski definition) is 4. The van der Waals surface area contributed by atoms with Crippen molar-refractivity contribution >= 4 is 0 Å². The van der Waals surface area contributed by atoms with Crippen LogP contribution in [-0.4, -0.2) is 38.1 Å². The van der Waals surface area contributed by atoms with E-state index in [-0.39, 0.29) is 13.2 Å². The number of rotatable bonds is 8. The molecule has 2 atom stereocenters. The molecule has 102 valence electrons. The van der Waals surface area contributed by atoms with E-state index < -0.39 is 6.10 Å². The topological polar surface area (TPSA) is 50.7 Å². The SMILES string of the molecule is CCNC(C)c1ccc(OCC(O)COC)cc1. The van der Waals surface area contributed by atoms with E-state index in [0.29, 0.717) is 6.04 Å². The van der Waals surface area contributed by atoms with Crippen LogP contribution in [0.1, 0.15) is 25.5 Å². The lowest BCUT2D eigenvalue weighted by Gasteiger charge is -2.14. The van der Waals surface area contributed by atoms with Crippen molar-refractivity contribution in [1.82, 2.24) is 5.32 Å². The van der Waals surface area contributed by atoms with Gasteiger partial charge in [0, 0.05) is 13.2 Å². The van der Waals surface area contributed by atoms with Crippen molar-refractivity contribution < 1.29 is 14.6 Å². The molecule has 0 bridgehead atoms. The van der Waals surface area contributed by atoms with Gasteiger partial charge >= 0.3 is 0 Å². The standard InChI is InChI=1S/C14H23NO3/c1-4-15-11(2)12-5-7-14(8-6-12)18-10-13(16)9-17-3/h5-8,11,13,15-16H,4,9-10H2,1-3H3. The normalized spacial score (nSPS) is 14.2. The summed E-state index contributed by atoms with van der Waals surface area (Å²) in [5, 5.41) is 12.8. The third-order valence-corrected chi connectivity index (χ3v) is 2.69. The lowest BCUT2D eigenvalue weighted by Crippen LogP contribution is -2.22. The van der Waals surface area contributed by atoms with Gasteiger partial charge < -0.3 is 19.9 Å². The smallest absolute Gasteiger partial charge is 0.119 e. The van der Waals surface area contributed by atoms with Gasteiger partial charge in [-0.1, -0.05) is 19.1 Å². The zero-order valence-electron chi connectivity index (χ0n) is 11.3. The van der Waals surface area contributed by atoms with E-state index in [9.17, 15) is 5.11 Å². The van der Waals surface area contributed by atoms with Crippen LogP contribution in [0.3, 0.4) is 0 Å². The summed E-state index contributed by atoms with van der Waals surface area (Å²) in [6.45, 7) is 5.70. The Bertz CT molecular complexity index is 326. The van der Waals surface area contributed by atoms with Crippen LogP contribution in [0.5, 0.6) is 5.75 Å². The van der Waals surface area contributed by atoms with E-state index in [2.05, 4.69) is 19.2 Å². The zero-order chi connectivity index (χ0) is 13.4. The Hall–Kier alpha value is -1.10. The maximum atomic E-state index is 9.46. The molecule has 0 aromatic heterocycles. The molecule has 2 N–H and O–H groups in total. The van der Waals surface area contributed by atoms with Gasteiger partial charge in [-0.3, -0.25) is 0 Å². The van der Waals surface area contributed by atoms with Gasteiger partial charge in [0.15, 0.2) is 0 Å². The fourth-order valence-electron chi connectivity index (χ4n) is 1.71. The van der Waals surface area contributed by atoms with Gasteiger partial charge in [-0.2, -0.15) is 0 Å². The lowest BCUT2D eigenvalue weighted by atomic mass is 10.1. The predicted molar refractivity (Wildman–Crippen MR) is 71.9 cm³/mol. The Labute approximate surface area is 109 Å². The number of methoxy groups -OCH3 is 1. The second-order valence-corrected chi connectivity index (χ2v) is 4.27. The molecule has 0 radical (unpaired) electrons. The molecule has 0 heterocycles. The van der Waals surface area contributed by atoms with Crippen molar-refractivity contribution in [3.05, 3.63) is 29.8 Å². The van der Waals surface area contributed by atoms with E-state index in [1.54, 1.807) is 7.11 Å². The summed E-state index contributed by atoms with van der Waals surface area (Å²) in [6.07, 6.45) is -0.588. The summed E-state index contributed by atoms with van der Waals surface area (Å²) < 4.78 is 10.3. The minimum absolute atomic E-state index is 0.246. The van der Waals surface area contributed by atoms with E-state index >= 15 is 0 Å². The molecule has 0 aliphatic heterocycles. The van der Waals surface area contributed by atoms with Crippen LogP contribution in [0.15, 0.2) is 24.3 Å². The maximum Gasteiger partial charge on any atom is 0.119 e. The first kappa shape index (κ1) is 15.0. The predicted octanol–water partition coefficient (Wildman–Crippen LogP) is 1.74. The molecule has 0 aliphatic rings. The summed E-state index contributed by atoms with van der Waals surface area (Å²) in [6, 6.07) is 8.24. The third-order valence-electron chi connectivity index (χ3n) is 2.69. The molecule has 4 heteroatoms. The molecule has 1 rings (SSSR count). The molecular weight excluding hydrogens is 230 g/mol. The van der Waals surface area contributed by atoms with Crippen LogP contribution in [-0.2, 0) is 4.74 Å². The molecule has 18 heavy (non-hydrogen) atoms. The van der Waals surface area contributed by atoms with Gasteiger partial charge in [0.1, 0.15) is 18.5 Å².